The van der Waals surface area contributed by atoms with Crippen LogP contribution in [0, 0.1) is 0 Å². The molecular weight excluding hydrogens is 420 g/mol. The number of benzene rings is 2. The summed E-state index contributed by atoms with van der Waals surface area (Å²) in [7, 11) is -1.92. The maximum atomic E-state index is 12.6. The van der Waals surface area contributed by atoms with Gasteiger partial charge in [-0.3, -0.25) is 4.79 Å². The van der Waals surface area contributed by atoms with Gasteiger partial charge in [0.1, 0.15) is 5.75 Å². The van der Waals surface area contributed by atoms with Gasteiger partial charge in [0.05, 0.1) is 18.6 Å². The van der Waals surface area contributed by atoms with Crippen LogP contribution in [0.15, 0.2) is 57.9 Å². The van der Waals surface area contributed by atoms with E-state index in [2.05, 4.69) is 15.5 Å². The summed E-state index contributed by atoms with van der Waals surface area (Å²) in [4.78, 5) is 16.9. The summed E-state index contributed by atoms with van der Waals surface area (Å²) in [5.74, 6) is 1.02. The smallest absolute Gasteiger partial charge is 0.251 e. The number of ether oxygens (including phenoxy) is 1. The van der Waals surface area contributed by atoms with Crippen LogP contribution in [0.25, 0.3) is 11.4 Å². The van der Waals surface area contributed by atoms with Gasteiger partial charge in [-0.1, -0.05) is 5.16 Å². The Kier molecular flexibility index (Phi) is 6.01. The Hall–Kier alpha value is -3.24. The largest absolute Gasteiger partial charge is 0.497 e. The fraction of sp³-hybridized carbons (Fsp3) is 0.286. The predicted molar refractivity (Wildman–Crippen MR) is 112 cm³/mol. The standard InChI is InChI=1S/C21H22N4O5S/c1-29-17-8-4-15(5-9-17)20-23-19(30-24-20)14-22-21(26)16-6-10-18(11-7-16)31(27,28)25-12-2-3-13-25/h4-11H,2-3,12-14H2,1H3,(H,22,26). The third-order valence-corrected chi connectivity index (χ3v) is 6.95. The SMILES string of the molecule is COc1ccc(-c2noc(CNC(=O)c3ccc(S(=O)(=O)N4CCCC4)cc3)n2)cc1. The van der Waals surface area contributed by atoms with Crippen LogP contribution in [-0.2, 0) is 16.6 Å². The number of nitrogens with zero attached hydrogens (tertiary/aromatic N) is 3. The molecule has 1 saturated heterocycles. The first-order valence-electron chi connectivity index (χ1n) is 9.83. The van der Waals surface area contributed by atoms with Crippen molar-refractivity contribution in [3.05, 3.63) is 60.0 Å². The number of carbonyl (C=O) groups excluding carboxylic acids is 1. The highest BCUT2D eigenvalue weighted by Gasteiger charge is 2.27. The molecule has 0 aliphatic carbocycles. The summed E-state index contributed by atoms with van der Waals surface area (Å²) in [5.41, 5.74) is 1.10. The second kappa shape index (κ2) is 8.86. The maximum absolute atomic E-state index is 12.6. The second-order valence-corrected chi connectivity index (χ2v) is 9.00. The Morgan fingerprint density at radius 2 is 1.77 bits per heavy atom. The van der Waals surface area contributed by atoms with Crippen molar-refractivity contribution in [2.75, 3.05) is 20.2 Å². The lowest BCUT2D eigenvalue weighted by Gasteiger charge is -2.15. The summed E-state index contributed by atoms with van der Waals surface area (Å²) < 4.78 is 36.9. The molecule has 2 heterocycles. The number of nitrogens with one attached hydrogen (secondary N) is 1. The minimum Gasteiger partial charge on any atom is -0.497 e. The van der Waals surface area contributed by atoms with E-state index in [1.807, 2.05) is 12.1 Å². The topological polar surface area (TPSA) is 115 Å². The number of methoxy groups -OCH3 is 1. The van der Waals surface area contributed by atoms with Crippen LogP contribution in [-0.4, -0.2) is 49.0 Å². The predicted octanol–water partition coefficient (Wildman–Crippen LogP) is 2.46. The van der Waals surface area contributed by atoms with Gasteiger partial charge in [-0.05, 0) is 61.4 Å². The number of carbonyl (C=O) groups is 1. The van der Waals surface area contributed by atoms with Crippen molar-refractivity contribution in [2.45, 2.75) is 24.3 Å². The molecule has 0 bridgehead atoms. The van der Waals surface area contributed by atoms with Crippen molar-refractivity contribution in [1.82, 2.24) is 19.8 Å². The Balaban J connectivity index is 1.37. The number of hydrogen-bond acceptors (Lipinski definition) is 7. The molecule has 1 amide bonds. The summed E-state index contributed by atoms with van der Waals surface area (Å²) in [5, 5.41) is 6.62. The van der Waals surface area contributed by atoms with E-state index in [1.54, 1.807) is 19.2 Å². The van der Waals surface area contributed by atoms with Gasteiger partial charge < -0.3 is 14.6 Å². The minimum atomic E-state index is -3.50. The van der Waals surface area contributed by atoms with Crippen molar-refractivity contribution >= 4 is 15.9 Å². The van der Waals surface area contributed by atoms with E-state index >= 15 is 0 Å². The van der Waals surface area contributed by atoms with Gasteiger partial charge in [0.25, 0.3) is 5.91 Å². The van der Waals surface area contributed by atoms with Crippen LogP contribution >= 0.6 is 0 Å². The van der Waals surface area contributed by atoms with Gasteiger partial charge >= 0.3 is 0 Å². The molecule has 3 aromatic rings. The monoisotopic (exact) mass is 442 g/mol. The molecule has 1 aliphatic heterocycles. The van der Waals surface area contributed by atoms with E-state index in [0.29, 0.717) is 24.5 Å². The molecule has 31 heavy (non-hydrogen) atoms. The molecule has 4 rings (SSSR count). The molecule has 0 saturated carbocycles. The normalized spacial score (nSPS) is 14.5. The van der Waals surface area contributed by atoms with Crippen molar-refractivity contribution < 1.29 is 22.5 Å². The van der Waals surface area contributed by atoms with Gasteiger partial charge in [-0.2, -0.15) is 9.29 Å². The Bertz CT molecular complexity index is 1150. The molecule has 1 aliphatic rings. The zero-order valence-corrected chi connectivity index (χ0v) is 17.8. The lowest BCUT2D eigenvalue weighted by atomic mass is 10.2. The van der Waals surface area contributed by atoms with Gasteiger partial charge in [-0.15, -0.1) is 0 Å². The second-order valence-electron chi connectivity index (χ2n) is 7.06. The molecule has 1 fully saturated rings. The number of sulfonamides is 1. The number of amides is 1. The van der Waals surface area contributed by atoms with Crippen LogP contribution in [0.3, 0.4) is 0 Å². The lowest BCUT2D eigenvalue weighted by molar-refractivity contribution is 0.0946. The van der Waals surface area contributed by atoms with Crippen LogP contribution in [0.5, 0.6) is 5.75 Å². The van der Waals surface area contributed by atoms with Gasteiger partial charge in [0, 0.05) is 24.2 Å². The molecule has 1 N–H and O–H groups in total. The Labute approximate surface area is 180 Å². The molecule has 162 valence electrons. The molecule has 0 atom stereocenters. The van der Waals surface area contributed by atoms with E-state index < -0.39 is 10.0 Å². The molecule has 10 heteroatoms. The zero-order chi connectivity index (χ0) is 21.8. The van der Waals surface area contributed by atoms with Crippen LogP contribution in [0.1, 0.15) is 29.1 Å². The first kappa shape index (κ1) is 21.0. The van der Waals surface area contributed by atoms with E-state index in [9.17, 15) is 13.2 Å². The third kappa shape index (κ3) is 4.59. The van der Waals surface area contributed by atoms with Crippen molar-refractivity contribution in [2.24, 2.45) is 0 Å². The van der Waals surface area contributed by atoms with Crippen molar-refractivity contribution in [3.63, 3.8) is 0 Å². The average molecular weight is 442 g/mol. The van der Waals surface area contributed by atoms with Crippen LogP contribution in [0.2, 0.25) is 0 Å². The molecular formula is C21H22N4O5S. The fourth-order valence-electron chi connectivity index (χ4n) is 3.30. The van der Waals surface area contributed by atoms with E-state index in [1.165, 1.54) is 28.6 Å². The van der Waals surface area contributed by atoms with Gasteiger partial charge in [0.2, 0.25) is 21.7 Å². The summed E-state index contributed by atoms with van der Waals surface area (Å²) in [6.45, 7) is 1.12. The highest BCUT2D eigenvalue weighted by molar-refractivity contribution is 7.89. The average Bonchev–Trinajstić information content (AvgIpc) is 3.50. The lowest BCUT2D eigenvalue weighted by Crippen LogP contribution is -2.28. The van der Waals surface area contributed by atoms with Gasteiger partial charge in [0.15, 0.2) is 0 Å². The highest BCUT2D eigenvalue weighted by atomic mass is 32.2. The van der Waals surface area contributed by atoms with Crippen LogP contribution in [0.4, 0.5) is 0 Å². The third-order valence-electron chi connectivity index (χ3n) is 5.04. The number of hydrogen-bond donors (Lipinski definition) is 1. The van der Waals surface area contributed by atoms with E-state index in [0.717, 1.165) is 24.2 Å². The molecule has 0 unspecified atom stereocenters. The quantitative estimate of drug-likeness (QED) is 0.598. The maximum Gasteiger partial charge on any atom is 0.251 e. The zero-order valence-electron chi connectivity index (χ0n) is 16.9. The van der Waals surface area contributed by atoms with Crippen LogP contribution < -0.4 is 10.1 Å². The Morgan fingerprint density at radius 1 is 1.10 bits per heavy atom. The van der Waals surface area contributed by atoms with E-state index in [-0.39, 0.29) is 23.2 Å². The molecule has 0 spiro atoms. The Morgan fingerprint density at radius 3 is 2.42 bits per heavy atom. The van der Waals surface area contributed by atoms with E-state index in [4.69, 9.17) is 9.26 Å². The summed E-state index contributed by atoms with van der Waals surface area (Å²) in [6.07, 6.45) is 1.74. The highest BCUT2D eigenvalue weighted by Crippen LogP contribution is 2.22. The van der Waals surface area contributed by atoms with Crippen molar-refractivity contribution in [1.29, 1.82) is 0 Å². The summed E-state index contributed by atoms with van der Waals surface area (Å²) >= 11 is 0. The first-order valence-corrected chi connectivity index (χ1v) is 11.3. The summed E-state index contributed by atoms with van der Waals surface area (Å²) in [6, 6.07) is 13.1. The van der Waals surface area contributed by atoms with Gasteiger partial charge in [-0.25, -0.2) is 8.42 Å². The molecule has 2 aromatic carbocycles. The number of rotatable bonds is 7. The molecule has 1 aromatic heterocycles. The van der Waals surface area contributed by atoms with Crippen molar-refractivity contribution in [3.8, 4) is 17.1 Å². The molecule has 9 nitrogen and oxygen atoms in total. The first-order chi connectivity index (χ1) is 15.0. The molecule has 0 radical (unpaired) electrons. The number of aromatic nitrogens is 2. The fourth-order valence-corrected chi connectivity index (χ4v) is 4.81. The minimum absolute atomic E-state index is 0.0514.